The minimum atomic E-state index is 0.208. The molecule has 0 unspecified atom stereocenters. The second-order valence-corrected chi connectivity index (χ2v) is 5.11. The number of aromatic nitrogens is 4. The molecule has 8 nitrogen and oxygen atoms in total. The lowest BCUT2D eigenvalue weighted by Gasteiger charge is -2.13. The number of benzene rings is 1. The molecule has 0 amide bonds. The zero-order valence-electron chi connectivity index (χ0n) is 14.1. The van der Waals surface area contributed by atoms with Crippen molar-refractivity contribution < 1.29 is 9.47 Å². The van der Waals surface area contributed by atoms with Gasteiger partial charge in [0.15, 0.2) is 11.5 Å². The van der Waals surface area contributed by atoms with Crippen LogP contribution in [0.5, 0.6) is 11.5 Å². The SMILES string of the molecule is CNc1ncc(-c2ccc(OC)c(OC)c2)c(-c2cnc(N)nc2)n1. The van der Waals surface area contributed by atoms with E-state index in [4.69, 9.17) is 15.2 Å². The standard InChI is InChI=1S/C17H18N6O2/c1-19-17-22-9-12(10-4-5-13(24-2)14(6-10)25-3)15(23-17)11-7-20-16(18)21-8-11/h4-9H,1-3H3,(H2,18,20,21)(H,19,22,23). The third-order valence-corrected chi connectivity index (χ3v) is 3.65. The lowest BCUT2D eigenvalue weighted by atomic mass is 10.0. The Bertz CT molecular complexity index is 883. The number of anilines is 2. The van der Waals surface area contributed by atoms with Gasteiger partial charge in [-0.15, -0.1) is 0 Å². The molecule has 3 N–H and O–H groups in total. The van der Waals surface area contributed by atoms with E-state index in [2.05, 4.69) is 25.3 Å². The van der Waals surface area contributed by atoms with Gasteiger partial charge in [-0.2, -0.15) is 0 Å². The van der Waals surface area contributed by atoms with Crippen LogP contribution in [-0.4, -0.2) is 41.2 Å². The van der Waals surface area contributed by atoms with Gasteiger partial charge >= 0.3 is 0 Å². The van der Waals surface area contributed by atoms with Crippen LogP contribution in [0.4, 0.5) is 11.9 Å². The van der Waals surface area contributed by atoms with Gasteiger partial charge < -0.3 is 20.5 Å². The minimum absolute atomic E-state index is 0.208. The van der Waals surface area contributed by atoms with Crippen molar-refractivity contribution in [1.82, 2.24) is 19.9 Å². The van der Waals surface area contributed by atoms with E-state index in [-0.39, 0.29) is 5.95 Å². The average Bonchev–Trinajstić information content (AvgIpc) is 2.67. The van der Waals surface area contributed by atoms with Crippen LogP contribution in [0.1, 0.15) is 0 Å². The number of nitrogens with two attached hydrogens (primary N) is 1. The predicted molar refractivity (Wildman–Crippen MR) is 95.6 cm³/mol. The topological polar surface area (TPSA) is 108 Å². The molecule has 3 rings (SSSR count). The molecule has 0 saturated carbocycles. The van der Waals surface area contributed by atoms with Gasteiger partial charge in [-0.3, -0.25) is 0 Å². The molecule has 8 heteroatoms. The van der Waals surface area contributed by atoms with E-state index in [1.165, 1.54) is 0 Å². The first kappa shape index (κ1) is 16.4. The van der Waals surface area contributed by atoms with Crippen LogP contribution in [0, 0.1) is 0 Å². The summed E-state index contributed by atoms with van der Waals surface area (Å²) in [5, 5.41) is 2.94. The van der Waals surface area contributed by atoms with Crippen molar-refractivity contribution in [1.29, 1.82) is 0 Å². The predicted octanol–water partition coefficient (Wildman–Crippen LogP) is 2.24. The van der Waals surface area contributed by atoms with Crippen molar-refractivity contribution in [3.05, 3.63) is 36.8 Å². The molecule has 0 aliphatic heterocycles. The zero-order valence-corrected chi connectivity index (χ0v) is 14.1. The zero-order chi connectivity index (χ0) is 17.8. The second-order valence-electron chi connectivity index (χ2n) is 5.11. The summed E-state index contributed by atoms with van der Waals surface area (Å²) in [4.78, 5) is 17.0. The maximum atomic E-state index is 5.58. The summed E-state index contributed by atoms with van der Waals surface area (Å²) in [6.07, 6.45) is 5.01. The molecule has 0 atom stereocenters. The van der Waals surface area contributed by atoms with Gasteiger partial charge in [0.05, 0.1) is 19.9 Å². The molecule has 128 valence electrons. The first-order valence-corrected chi connectivity index (χ1v) is 7.51. The Kier molecular flexibility index (Phi) is 4.60. The number of hydrogen-bond acceptors (Lipinski definition) is 8. The minimum Gasteiger partial charge on any atom is -0.493 e. The van der Waals surface area contributed by atoms with E-state index in [0.717, 1.165) is 16.7 Å². The monoisotopic (exact) mass is 338 g/mol. The van der Waals surface area contributed by atoms with Crippen molar-refractivity contribution in [2.24, 2.45) is 0 Å². The van der Waals surface area contributed by atoms with E-state index in [0.29, 0.717) is 23.1 Å². The second kappa shape index (κ2) is 7.00. The Morgan fingerprint density at radius 2 is 1.64 bits per heavy atom. The fraction of sp³-hybridized carbons (Fsp3) is 0.176. The molecule has 0 aliphatic rings. The number of nitrogens with one attached hydrogen (secondary N) is 1. The summed E-state index contributed by atoms with van der Waals surface area (Å²) in [7, 11) is 4.95. The maximum Gasteiger partial charge on any atom is 0.222 e. The normalized spacial score (nSPS) is 10.4. The smallest absolute Gasteiger partial charge is 0.222 e. The molecular weight excluding hydrogens is 320 g/mol. The summed E-state index contributed by atoms with van der Waals surface area (Å²) >= 11 is 0. The summed E-state index contributed by atoms with van der Waals surface area (Å²) in [5.74, 6) is 1.98. The fourth-order valence-electron chi connectivity index (χ4n) is 2.40. The van der Waals surface area contributed by atoms with Crippen molar-refractivity contribution in [2.75, 3.05) is 32.3 Å². The molecule has 25 heavy (non-hydrogen) atoms. The van der Waals surface area contributed by atoms with Crippen LogP contribution in [0.2, 0.25) is 0 Å². The average molecular weight is 338 g/mol. The molecule has 0 spiro atoms. The molecule has 1 aromatic carbocycles. The molecule has 3 aromatic rings. The Balaban J connectivity index is 2.17. The van der Waals surface area contributed by atoms with Gasteiger partial charge in [-0.25, -0.2) is 19.9 Å². The molecule has 0 fully saturated rings. The van der Waals surface area contributed by atoms with Gasteiger partial charge in [-0.05, 0) is 17.7 Å². The van der Waals surface area contributed by atoms with E-state index in [9.17, 15) is 0 Å². The Morgan fingerprint density at radius 3 is 2.28 bits per heavy atom. The number of ether oxygens (including phenoxy) is 2. The molecule has 0 radical (unpaired) electrons. The van der Waals surface area contributed by atoms with Crippen LogP contribution >= 0.6 is 0 Å². The Morgan fingerprint density at radius 1 is 0.920 bits per heavy atom. The van der Waals surface area contributed by atoms with Gasteiger partial charge in [0, 0.05) is 36.8 Å². The van der Waals surface area contributed by atoms with Crippen molar-refractivity contribution >= 4 is 11.9 Å². The Labute approximate surface area is 145 Å². The van der Waals surface area contributed by atoms with Crippen LogP contribution in [0.25, 0.3) is 22.4 Å². The highest BCUT2D eigenvalue weighted by Gasteiger charge is 2.14. The highest BCUT2D eigenvalue weighted by Crippen LogP contribution is 2.36. The first-order valence-electron chi connectivity index (χ1n) is 7.51. The van der Waals surface area contributed by atoms with Crippen molar-refractivity contribution in [2.45, 2.75) is 0 Å². The van der Waals surface area contributed by atoms with Crippen molar-refractivity contribution in [3.8, 4) is 33.9 Å². The molecule has 2 heterocycles. The summed E-state index contributed by atoms with van der Waals surface area (Å²) in [6.45, 7) is 0. The maximum absolute atomic E-state index is 5.58. The number of hydrogen-bond donors (Lipinski definition) is 2. The van der Waals surface area contributed by atoms with Crippen LogP contribution in [-0.2, 0) is 0 Å². The molecule has 0 saturated heterocycles. The summed E-state index contributed by atoms with van der Waals surface area (Å²) in [5.41, 5.74) is 8.70. The van der Waals surface area contributed by atoms with Gasteiger partial charge in [0.1, 0.15) is 0 Å². The lowest BCUT2D eigenvalue weighted by Crippen LogP contribution is -2.01. The highest BCUT2D eigenvalue weighted by molar-refractivity contribution is 5.81. The van der Waals surface area contributed by atoms with Gasteiger partial charge in [-0.1, -0.05) is 6.07 Å². The van der Waals surface area contributed by atoms with Crippen LogP contribution in [0.15, 0.2) is 36.8 Å². The van der Waals surface area contributed by atoms with E-state index < -0.39 is 0 Å². The molecule has 0 bridgehead atoms. The lowest BCUT2D eigenvalue weighted by molar-refractivity contribution is 0.355. The molecular formula is C17H18N6O2. The van der Waals surface area contributed by atoms with E-state index in [1.807, 2.05) is 18.2 Å². The van der Waals surface area contributed by atoms with Crippen LogP contribution < -0.4 is 20.5 Å². The molecule has 2 aromatic heterocycles. The largest absolute Gasteiger partial charge is 0.493 e. The molecule has 0 aliphatic carbocycles. The highest BCUT2D eigenvalue weighted by atomic mass is 16.5. The quantitative estimate of drug-likeness (QED) is 0.729. The number of methoxy groups -OCH3 is 2. The number of nitrogens with zero attached hydrogens (tertiary/aromatic N) is 4. The van der Waals surface area contributed by atoms with E-state index >= 15 is 0 Å². The van der Waals surface area contributed by atoms with Gasteiger partial charge in [0.25, 0.3) is 0 Å². The fourth-order valence-corrected chi connectivity index (χ4v) is 2.40. The van der Waals surface area contributed by atoms with Crippen molar-refractivity contribution in [3.63, 3.8) is 0 Å². The summed E-state index contributed by atoms with van der Waals surface area (Å²) < 4.78 is 10.7. The van der Waals surface area contributed by atoms with Gasteiger partial charge in [0.2, 0.25) is 11.9 Å². The van der Waals surface area contributed by atoms with E-state index in [1.54, 1.807) is 39.9 Å². The number of nitrogen functional groups attached to an aromatic ring is 1. The number of rotatable bonds is 5. The summed E-state index contributed by atoms with van der Waals surface area (Å²) in [6, 6.07) is 5.63. The van der Waals surface area contributed by atoms with Crippen LogP contribution in [0.3, 0.4) is 0 Å². The third-order valence-electron chi connectivity index (χ3n) is 3.65. The first-order chi connectivity index (χ1) is 12.2. The third kappa shape index (κ3) is 3.27. The Hall–Kier alpha value is -3.42.